The fourth-order valence-electron chi connectivity index (χ4n) is 6.10. The molecule has 2 aliphatic rings. The van der Waals surface area contributed by atoms with Crippen LogP contribution < -0.4 is 5.32 Å². The molecule has 7 rings (SSSR count). The van der Waals surface area contributed by atoms with Crippen molar-refractivity contribution in [2.75, 3.05) is 13.1 Å². The molecule has 2 aliphatic heterocycles. The van der Waals surface area contributed by atoms with Crippen LogP contribution in [0.1, 0.15) is 70.2 Å². The third-order valence-electron chi connectivity index (χ3n) is 8.27. The minimum atomic E-state index is -0.526. The Morgan fingerprint density at radius 2 is 1.58 bits per heavy atom. The maximum Gasteiger partial charge on any atom is 0.410 e. The van der Waals surface area contributed by atoms with Crippen LogP contribution in [0.4, 0.5) is 4.79 Å². The fraction of sp³-hybridized carbons (Fsp3) is 0.333. The normalized spacial score (nSPS) is 18.1. The maximum absolute atomic E-state index is 12.8. The van der Waals surface area contributed by atoms with Crippen molar-refractivity contribution in [3.8, 4) is 46.6 Å². The number of rotatable bonds is 5. The number of hydrogen-bond donors (Lipinski definition) is 3. The van der Waals surface area contributed by atoms with E-state index in [1.807, 2.05) is 33.2 Å². The lowest BCUT2D eigenvalue weighted by molar-refractivity contribution is 0.0218. The molecule has 2 aromatic carbocycles. The quantitative estimate of drug-likeness (QED) is 0.181. The van der Waals surface area contributed by atoms with E-state index in [1.54, 1.807) is 4.90 Å². The third kappa shape index (κ3) is 6.47. The van der Waals surface area contributed by atoms with Crippen molar-refractivity contribution in [2.45, 2.75) is 64.1 Å². The van der Waals surface area contributed by atoms with Gasteiger partial charge in [-0.2, -0.15) is 0 Å². The number of likely N-dealkylation sites (tertiary alicyclic amines) is 1. The number of carbonyl (C=O) groups is 1. The first-order valence-corrected chi connectivity index (χ1v) is 15.5. The molecule has 0 unspecified atom stereocenters. The van der Waals surface area contributed by atoms with Gasteiger partial charge in [0.25, 0.3) is 0 Å². The van der Waals surface area contributed by atoms with Gasteiger partial charge in [-0.05, 0) is 87.9 Å². The van der Waals surface area contributed by atoms with Crippen molar-refractivity contribution in [2.24, 2.45) is 0 Å². The number of aromatic amines is 2. The molecule has 45 heavy (non-hydrogen) atoms. The van der Waals surface area contributed by atoms with E-state index >= 15 is 0 Å². The van der Waals surface area contributed by atoms with Gasteiger partial charge in [0, 0.05) is 11.9 Å². The number of ether oxygens (including phenoxy) is 1. The number of hydrogen-bond acceptors (Lipinski definition) is 6. The van der Waals surface area contributed by atoms with E-state index in [-0.39, 0.29) is 12.1 Å². The molecule has 0 spiro atoms. The standard InChI is InChI=1S/C34H37N7O2.C2H2/c1-34(2,3)43-33(42)41-17-5-7-30(41)32-37-19-28(39-32)22-10-8-21(9-11-22)23-12-14-25-24(18-23)13-15-26(38-25)29-20-36-31(40-29)27-6-4-16-35-27;1-2/h8-15,18-20,27,30,35H,4-7,16-17H2,1-3H3,(H,36,40)(H,37,39);1-2H/t27-,30-;/m0./s1. The van der Waals surface area contributed by atoms with E-state index in [1.165, 1.54) is 6.42 Å². The molecule has 9 nitrogen and oxygen atoms in total. The highest BCUT2D eigenvalue weighted by Gasteiger charge is 2.34. The fourth-order valence-corrected chi connectivity index (χ4v) is 6.10. The molecule has 0 radical (unpaired) electrons. The second-order valence-electron chi connectivity index (χ2n) is 12.5. The van der Waals surface area contributed by atoms with Crippen molar-refractivity contribution in [3.05, 3.63) is 78.6 Å². The number of aromatic nitrogens is 5. The first-order valence-electron chi connectivity index (χ1n) is 15.5. The van der Waals surface area contributed by atoms with Crippen molar-refractivity contribution < 1.29 is 9.53 Å². The lowest BCUT2D eigenvalue weighted by Gasteiger charge is -2.27. The van der Waals surface area contributed by atoms with Crippen molar-refractivity contribution in [1.29, 1.82) is 0 Å². The van der Waals surface area contributed by atoms with Gasteiger partial charge in [0.05, 0.1) is 47.1 Å². The van der Waals surface area contributed by atoms with E-state index in [0.717, 1.165) is 82.1 Å². The van der Waals surface area contributed by atoms with Gasteiger partial charge >= 0.3 is 6.09 Å². The highest BCUT2D eigenvalue weighted by atomic mass is 16.6. The Kier molecular flexibility index (Phi) is 8.42. The summed E-state index contributed by atoms with van der Waals surface area (Å²) in [5.41, 5.74) is 6.50. The molecule has 5 heterocycles. The predicted octanol–water partition coefficient (Wildman–Crippen LogP) is 7.43. The number of fused-ring (bicyclic) bond motifs is 1. The predicted molar refractivity (Wildman–Crippen MR) is 177 cm³/mol. The molecule has 9 heteroatoms. The van der Waals surface area contributed by atoms with Gasteiger partial charge in [0.2, 0.25) is 0 Å². The van der Waals surface area contributed by atoms with E-state index in [2.05, 4.69) is 92.7 Å². The van der Waals surface area contributed by atoms with Crippen molar-refractivity contribution >= 4 is 17.0 Å². The highest BCUT2D eigenvalue weighted by molar-refractivity contribution is 5.86. The van der Waals surface area contributed by atoms with E-state index in [4.69, 9.17) is 9.72 Å². The van der Waals surface area contributed by atoms with Crippen LogP contribution in [0.2, 0.25) is 0 Å². The number of H-pyrrole nitrogens is 2. The Labute approximate surface area is 263 Å². The second kappa shape index (κ2) is 12.6. The third-order valence-corrected chi connectivity index (χ3v) is 8.27. The summed E-state index contributed by atoms with van der Waals surface area (Å²) >= 11 is 0. The lowest BCUT2D eigenvalue weighted by Crippen LogP contribution is -2.36. The number of benzene rings is 2. The summed E-state index contributed by atoms with van der Waals surface area (Å²) in [6.45, 7) is 7.39. The summed E-state index contributed by atoms with van der Waals surface area (Å²) < 4.78 is 5.63. The number of nitrogens with one attached hydrogen (secondary N) is 3. The van der Waals surface area contributed by atoms with Crippen LogP contribution in [-0.2, 0) is 4.74 Å². The van der Waals surface area contributed by atoms with E-state index < -0.39 is 5.60 Å². The summed E-state index contributed by atoms with van der Waals surface area (Å²) in [6, 6.07) is 19.2. The monoisotopic (exact) mass is 601 g/mol. The van der Waals surface area contributed by atoms with Crippen LogP contribution in [0.25, 0.3) is 44.7 Å². The summed E-state index contributed by atoms with van der Waals surface area (Å²) in [6.07, 6.45) is 15.5. The first kappa shape index (κ1) is 30.1. The van der Waals surface area contributed by atoms with Gasteiger partial charge < -0.3 is 20.0 Å². The topological polar surface area (TPSA) is 112 Å². The van der Waals surface area contributed by atoms with Gasteiger partial charge in [-0.3, -0.25) is 4.90 Å². The Hall–Kier alpha value is -4.94. The summed E-state index contributed by atoms with van der Waals surface area (Å²) in [7, 11) is 0. The maximum atomic E-state index is 12.8. The number of pyridine rings is 1. The zero-order chi connectivity index (χ0) is 31.6. The average Bonchev–Trinajstić information content (AvgIpc) is 3.87. The summed E-state index contributed by atoms with van der Waals surface area (Å²) in [4.78, 5) is 35.6. The minimum Gasteiger partial charge on any atom is -0.444 e. The lowest BCUT2D eigenvalue weighted by atomic mass is 10.0. The average molecular weight is 602 g/mol. The molecule has 0 bridgehead atoms. The van der Waals surface area contributed by atoms with Crippen molar-refractivity contribution in [3.63, 3.8) is 0 Å². The Bertz CT molecular complexity index is 1810. The molecule has 5 aromatic rings. The smallest absolute Gasteiger partial charge is 0.410 e. The van der Waals surface area contributed by atoms with Gasteiger partial charge in [-0.25, -0.2) is 19.7 Å². The van der Waals surface area contributed by atoms with Gasteiger partial charge in [-0.15, -0.1) is 12.8 Å². The van der Waals surface area contributed by atoms with Crippen LogP contribution in [0.3, 0.4) is 0 Å². The van der Waals surface area contributed by atoms with E-state index in [0.29, 0.717) is 12.6 Å². The van der Waals surface area contributed by atoms with Crippen LogP contribution >= 0.6 is 0 Å². The molecule has 230 valence electrons. The molecule has 2 fully saturated rings. The number of carbonyl (C=O) groups excluding carboxylic acids is 1. The molecule has 2 saturated heterocycles. The molecule has 0 saturated carbocycles. The van der Waals surface area contributed by atoms with Crippen LogP contribution in [0.5, 0.6) is 0 Å². The molecule has 2 atom stereocenters. The molecule has 0 aliphatic carbocycles. The van der Waals surface area contributed by atoms with Crippen LogP contribution in [-0.4, -0.2) is 54.6 Å². The zero-order valence-electron chi connectivity index (χ0n) is 26.0. The largest absolute Gasteiger partial charge is 0.444 e. The number of terminal acetylenes is 1. The highest BCUT2D eigenvalue weighted by Crippen LogP contribution is 2.34. The molecular formula is C36H39N7O2. The first-order chi connectivity index (χ1) is 21.8. The van der Waals surface area contributed by atoms with Crippen LogP contribution in [0, 0.1) is 12.8 Å². The molecule has 1 amide bonds. The molecule has 3 aromatic heterocycles. The summed E-state index contributed by atoms with van der Waals surface area (Å²) in [5, 5.41) is 4.58. The molecule has 3 N–H and O–H groups in total. The Morgan fingerprint density at radius 1 is 0.867 bits per heavy atom. The van der Waals surface area contributed by atoms with Gasteiger partial charge in [-0.1, -0.05) is 36.4 Å². The number of imidazole rings is 2. The number of nitrogens with zero attached hydrogens (tertiary/aromatic N) is 4. The minimum absolute atomic E-state index is 0.103. The molecular weight excluding hydrogens is 562 g/mol. The summed E-state index contributed by atoms with van der Waals surface area (Å²) in [5.74, 6) is 1.78. The Morgan fingerprint density at radius 3 is 2.33 bits per heavy atom. The Balaban J connectivity index is 0.00000175. The SMILES string of the molecule is C#C.CC(C)(C)OC(=O)N1CCC[C@H]1c1ncc(-c2ccc(-c3ccc4nc(-c5cnc([C@@H]6CCCN6)[nH]5)ccc4c3)cc2)[nH]1. The van der Waals surface area contributed by atoms with Gasteiger partial charge in [0.1, 0.15) is 17.2 Å². The number of amides is 1. The van der Waals surface area contributed by atoms with Crippen molar-refractivity contribution in [1.82, 2.24) is 35.1 Å². The second-order valence-corrected chi connectivity index (χ2v) is 12.5. The van der Waals surface area contributed by atoms with E-state index in [9.17, 15) is 4.79 Å². The zero-order valence-corrected chi connectivity index (χ0v) is 26.0. The van der Waals surface area contributed by atoms with Crippen LogP contribution in [0.15, 0.2) is 67.0 Å². The van der Waals surface area contributed by atoms with Gasteiger partial charge in [0.15, 0.2) is 0 Å².